The van der Waals surface area contributed by atoms with Crippen LogP contribution in [0.5, 0.6) is 5.75 Å². The third-order valence-electron chi connectivity index (χ3n) is 4.94. The smallest absolute Gasteiger partial charge is 0.252 e. The molecule has 144 valence electrons. The van der Waals surface area contributed by atoms with Gasteiger partial charge in [-0.15, -0.1) is 0 Å². The molecule has 1 atom stereocenters. The summed E-state index contributed by atoms with van der Waals surface area (Å²) in [6, 6.07) is 17.4. The zero-order valence-electron chi connectivity index (χ0n) is 16.0. The fourth-order valence-corrected chi connectivity index (χ4v) is 3.51. The molecular formula is C23H24N2O3. The Bertz CT molecular complexity index is 963. The number of benzene rings is 2. The summed E-state index contributed by atoms with van der Waals surface area (Å²) in [5.74, 6) is 0.725. The van der Waals surface area contributed by atoms with Crippen molar-refractivity contribution in [2.75, 3.05) is 19.8 Å². The van der Waals surface area contributed by atoms with Gasteiger partial charge >= 0.3 is 0 Å². The Hall–Kier alpha value is -2.92. The molecule has 0 bridgehead atoms. The van der Waals surface area contributed by atoms with Gasteiger partial charge in [0, 0.05) is 24.1 Å². The molecule has 0 saturated carbocycles. The van der Waals surface area contributed by atoms with E-state index in [1.165, 1.54) is 0 Å². The van der Waals surface area contributed by atoms with Gasteiger partial charge in [-0.1, -0.05) is 18.2 Å². The topological polar surface area (TPSA) is 60.5 Å². The number of pyridine rings is 1. The predicted octanol–water partition coefficient (Wildman–Crippen LogP) is 4.21. The molecule has 1 saturated heterocycles. The molecule has 1 fully saturated rings. The number of hydrogen-bond acceptors (Lipinski definition) is 4. The molecule has 1 amide bonds. The number of carbonyl (C=O) groups is 1. The van der Waals surface area contributed by atoms with Crippen molar-refractivity contribution in [1.82, 2.24) is 10.3 Å². The first-order chi connectivity index (χ1) is 13.7. The SMILES string of the molecule is CCOc1ccc(-c2cc(C(=O)NC[C@@H]3CCCO3)c3ccccc3n2)cc1. The third kappa shape index (κ3) is 3.99. The summed E-state index contributed by atoms with van der Waals surface area (Å²) < 4.78 is 11.1. The van der Waals surface area contributed by atoms with Crippen LogP contribution in [0.25, 0.3) is 22.2 Å². The Kier molecular flexibility index (Phi) is 5.53. The van der Waals surface area contributed by atoms with Crippen LogP contribution in [0.15, 0.2) is 54.6 Å². The van der Waals surface area contributed by atoms with E-state index in [2.05, 4.69) is 5.32 Å². The molecule has 2 heterocycles. The van der Waals surface area contributed by atoms with Gasteiger partial charge in [0.1, 0.15) is 5.75 Å². The second kappa shape index (κ2) is 8.40. The lowest BCUT2D eigenvalue weighted by molar-refractivity contribution is 0.0859. The van der Waals surface area contributed by atoms with E-state index in [-0.39, 0.29) is 12.0 Å². The van der Waals surface area contributed by atoms with Crippen LogP contribution in [-0.4, -0.2) is 36.8 Å². The highest BCUT2D eigenvalue weighted by atomic mass is 16.5. The zero-order valence-corrected chi connectivity index (χ0v) is 16.0. The number of nitrogens with zero attached hydrogens (tertiary/aromatic N) is 1. The monoisotopic (exact) mass is 376 g/mol. The molecule has 1 aliphatic rings. The summed E-state index contributed by atoms with van der Waals surface area (Å²) in [5, 5.41) is 3.87. The van der Waals surface area contributed by atoms with Crippen molar-refractivity contribution in [1.29, 1.82) is 0 Å². The molecule has 5 nitrogen and oxygen atoms in total. The Balaban J connectivity index is 1.65. The molecule has 1 N–H and O–H groups in total. The first kappa shape index (κ1) is 18.4. The van der Waals surface area contributed by atoms with Gasteiger partial charge in [0.05, 0.1) is 29.5 Å². The van der Waals surface area contributed by atoms with Gasteiger partial charge < -0.3 is 14.8 Å². The van der Waals surface area contributed by atoms with Crippen LogP contribution in [0.1, 0.15) is 30.1 Å². The lowest BCUT2D eigenvalue weighted by Gasteiger charge is -2.13. The number of rotatable bonds is 6. The van der Waals surface area contributed by atoms with Crippen molar-refractivity contribution in [3.05, 3.63) is 60.2 Å². The number of amides is 1. The lowest BCUT2D eigenvalue weighted by Crippen LogP contribution is -2.31. The molecule has 28 heavy (non-hydrogen) atoms. The van der Waals surface area contributed by atoms with Crippen molar-refractivity contribution < 1.29 is 14.3 Å². The fourth-order valence-electron chi connectivity index (χ4n) is 3.51. The fraction of sp³-hybridized carbons (Fsp3) is 0.304. The molecule has 5 heteroatoms. The first-order valence-corrected chi connectivity index (χ1v) is 9.77. The van der Waals surface area contributed by atoms with Crippen LogP contribution >= 0.6 is 0 Å². The average molecular weight is 376 g/mol. The predicted molar refractivity (Wildman–Crippen MR) is 110 cm³/mol. The van der Waals surface area contributed by atoms with Gasteiger partial charge in [0.2, 0.25) is 0 Å². The van der Waals surface area contributed by atoms with Crippen LogP contribution in [0.3, 0.4) is 0 Å². The second-order valence-electron chi connectivity index (χ2n) is 6.87. The quantitative estimate of drug-likeness (QED) is 0.700. The Morgan fingerprint density at radius 2 is 2.04 bits per heavy atom. The molecule has 2 aromatic carbocycles. The molecule has 1 aromatic heterocycles. The van der Waals surface area contributed by atoms with Gasteiger partial charge in [-0.05, 0) is 56.2 Å². The summed E-state index contributed by atoms with van der Waals surface area (Å²) in [7, 11) is 0. The summed E-state index contributed by atoms with van der Waals surface area (Å²) in [5.41, 5.74) is 3.15. The molecule has 0 radical (unpaired) electrons. The summed E-state index contributed by atoms with van der Waals surface area (Å²) in [6.45, 7) is 3.90. The maximum atomic E-state index is 12.9. The minimum atomic E-state index is -0.0960. The molecule has 4 rings (SSSR count). The number of nitrogens with one attached hydrogen (secondary N) is 1. The molecule has 0 aliphatic carbocycles. The van der Waals surface area contributed by atoms with E-state index in [4.69, 9.17) is 14.5 Å². The number of hydrogen-bond donors (Lipinski definition) is 1. The van der Waals surface area contributed by atoms with Gasteiger partial charge in [0.25, 0.3) is 5.91 Å². The molecule has 0 unspecified atom stereocenters. The van der Waals surface area contributed by atoms with E-state index in [0.717, 1.165) is 47.4 Å². The number of para-hydroxylation sites is 1. The van der Waals surface area contributed by atoms with Crippen LogP contribution in [0.2, 0.25) is 0 Å². The van der Waals surface area contributed by atoms with E-state index >= 15 is 0 Å². The Labute approximate surface area is 164 Å². The molecule has 1 aliphatic heterocycles. The maximum Gasteiger partial charge on any atom is 0.252 e. The number of ether oxygens (including phenoxy) is 2. The standard InChI is InChI=1S/C23H24N2O3/c1-2-27-17-11-9-16(10-12-17)22-14-20(19-7-3-4-8-21(19)25-22)23(26)24-15-18-6-5-13-28-18/h3-4,7-12,14,18H,2,5-6,13,15H2,1H3,(H,24,26)/t18-/m0/s1. The van der Waals surface area contributed by atoms with Gasteiger partial charge in [0.15, 0.2) is 0 Å². The normalized spacial score (nSPS) is 16.2. The number of carbonyl (C=O) groups excluding carboxylic acids is 1. The van der Waals surface area contributed by atoms with E-state index in [1.54, 1.807) is 0 Å². The summed E-state index contributed by atoms with van der Waals surface area (Å²) >= 11 is 0. The number of aromatic nitrogens is 1. The van der Waals surface area contributed by atoms with Crippen LogP contribution < -0.4 is 10.1 Å². The van der Waals surface area contributed by atoms with Crippen molar-refractivity contribution in [2.45, 2.75) is 25.9 Å². The minimum absolute atomic E-state index is 0.0960. The van der Waals surface area contributed by atoms with E-state index in [9.17, 15) is 4.79 Å². The van der Waals surface area contributed by atoms with Gasteiger partial charge in [-0.2, -0.15) is 0 Å². The third-order valence-corrected chi connectivity index (χ3v) is 4.94. The highest BCUT2D eigenvalue weighted by Gasteiger charge is 2.18. The lowest BCUT2D eigenvalue weighted by atomic mass is 10.0. The molecule has 3 aromatic rings. The van der Waals surface area contributed by atoms with Crippen LogP contribution in [-0.2, 0) is 4.74 Å². The molecule has 0 spiro atoms. The van der Waals surface area contributed by atoms with Crippen LogP contribution in [0.4, 0.5) is 0 Å². The zero-order chi connectivity index (χ0) is 19.3. The highest BCUT2D eigenvalue weighted by molar-refractivity contribution is 6.07. The van der Waals surface area contributed by atoms with Gasteiger partial charge in [-0.25, -0.2) is 4.98 Å². The summed E-state index contributed by atoms with van der Waals surface area (Å²) in [4.78, 5) is 17.7. The van der Waals surface area contributed by atoms with Crippen molar-refractivity contribution in [2.24, 2.45) is 0 Å². The number of fused-ring (bicyclic) bond motifs is 1. The van der Waals surface area contributed by atoms with E-state index in [0.29, 0.717) is 18.7 Å². The van der Waals surface area contributed by atoms with Gasteiger partial charge in [-0.3, -0.25) is 4.79 Å². The largest absolute Gasteiger partial charge is 0.494 e. The molecular weight excluding hydrogens is 352 g/mol. The van der Waals surface area contributed by atoms with Crippen molar-refractivity contribution in [3.8, 4) is 17.0 Å². The van der Waals surface area contributed by atoms with Crippen molar-refractivity contribution >= 4 is 16.8 Å². The Morgan fingerprint density at radius 1 is 1.21 bits per heavy atom. The maximum absolute atomic E-state index is 12.9. The second-order valence-corrected chi connectivity index (χ2v) is 6.87. The Morgan fingerprint density at radius 3 is 2.79 bits per heavy atom. The van der Waals surface area contributed by atoms with E-state index in [1.807, 2.05) is 61.5 Å². The highest BCUT2D eigenvalue weighted by Crippen LogP contribution is 2.26. The van der Waals surface area contributed by atoms with Crippen LogP contribution in [0, 0.1) is 0 Å². The average Bonchev–Trinajstić information content (AvgIpc) is 3.26. The van der Waals surface area contributed by atoms with E-state index < -0.39 is 0 Å². The summed E-state index contributed by atoms with van der Waals surface area (Å²) in [6.07, 6.45) is 2.16. The minimum Gasteiger partial charge on any atom is -0.494 e. The van der Waals surface area contributed by atoms with Crippen molar-refractivity contribution in [3.63, 3.8) is 0 Å². The first-order valence-electron chi connectivity index (χ1n) is 9.77.